The molecule has 2 heterocycles. The van der Waals surface area contributed by atoms with Crippen LogP contribution in [0.5, 0.6) is 0 Å². The van der Waals surface area contributed by atoms with E-state index in [0.717, 1.165) is 0 Å². The number of ether oxygens (including phenoxy) is 2. The lowest BCUT2D eigenvalue weighted by atomic mass is 10.2. The van der Waals surface area contributed by atoms with Crippen molar-refractivity contribution in [2.45, 2.75) is 19.4 Å². The van der Waals surface area contributed by atoms with E-state index in [4.69, 9.17) is 9.47 Å². The Morgan fingerprint density at radius 2 is 2.50 bits per heavy atom. The molecule has 1 atom stereocenters. The molecule has 1 saturated heterocycles. The van der Waals surface area contributed by atoms with Crippen LogP contribution in [0.4, 0.5) is 5.13 Å². The zero-order valence-electron chi connectivity index (χ0n) is 11.2. The summed E-state index contributed by atoms with van der Waals surface area (Å²) in [6.45, 7) is 3.73. The van der Waals surface area contributed by atoms with Crippen molar-refractivity contribution in [1.29, 1.82) is 0 Å². The van der Waals surface area contributed by atoms with Crippen molar-refractivity contribution in [2.75, 3.05) is 31.7 Å². The Hall–Kier alpha value is -1.51. The van der Waals surface area contributed by atoms with Gasteiger partial charge in [0.15, 0.2) is 5.13 Å². The third-order valence-electron chi connectivity index (χ3n) is 2.65. The van der Waals surface area contributed by atoms with Gasteiger partial charge >= 0.3 is 5.97 Å². The summed E-state index contributed by atoms with van der Waals surface area (Å²) in [7, 11) is 0. The average molecular weight is 299 g/mol. The molecule has 1 amide bonds. The first-order valence-corrected chi connectivity index (χ1v) is 7.29. The number of aromatic nitrogens is 1. The minimum Gasteiger partial charge on any atom is -0.466 e. The number of carbonyl (C=O) groups excluding carboxylic acids is 2. The minimum atomic E-state index is -0.360. The third kappa shape index (κ3) is 4.26. The number of anilines is 1. The predicted octanol–water partition coefficient (Wildman–Crippen LogP) is 0.176. The maximum atomic E-state index is 11.9. The molecule has 1 unspecified atom stereocenters. The highest BCUT2D eigenvalue weighted by molar-refractivity contribution is 7.13. The molecule has 0 aliphatic carbocycles. The van der Waals surface area contributed by atoms with Gasteiger partial charge < -0.3 is 20.1 Å². The summed E-state index contributed by atoms with van der Waals surface area (Å²) in [5, 5.41) is 7.98. The van der Waals surface area contributed by atoms with Crippen LogP contribution in [-0.2, 0) is 25.5 Å². The first-order valence-electron chi connectivity index (χ1n) is 6.41. The second kappa shape index (κ2) is 7.32. The molecule has 0 spiro atoms. The molecular formula is C12H17N3O4S. The van der Waals surface area contributed by atoms with Crippen LogP contribution in [0.2, 0.25) is 0 Å². The first-order chi connectivity index (χ1) is 9.69. The Bertz CT molecular complexity index is 471. The topological polar surface area (TPSA) is 89.5 Å². The summed E-state index contributed by atoms with van der Waals surface area (Å²) >= 11 is 1.28. The van der Waals surface area contributed by atoms with E-state index in [1.165, 1.54) is 11.3 Å². The van der Waals surface area contributed by atoms with Gasteiger partial charge in [0.2, 0.25) is 5.91 Å². The number of nitrogens with zero attached hydrogens (tertiary/aromatic N) is 1. The van der Waals surface area contributed by atoms with Gasteiger partial charge in [0.25, 0.3) is 0 Å². The fraction of sp³-hybridized carbons (Fsp3) is 0.583. The number of esters is 1. The maximum Gasteiger partial charge on any atom is 0.311 e. The largest absolute Gasteiger partial charge is 0.466 e. The van der Waals surface area contributed by atoms with Gasteiger partial charge in [-0.3, -0.25) is 9.59 Å². The van der Waals surface area contributed by atoms with Crippen molar-refractivity contribution in [3.05, 3.63) is 11.1 Å². The molecule has 1 aliphatic rings. The molecule has 1 aliphatic heterocycles. The summed E-state index contributed by atoms with van der Waals surface area (Å²) in [6.07, 6.45) is 0.116. The standard InChI is InChI=1S/C12H17N3O4S/c1-2-19-10(16)5-8-7-20-12(14-8)15-11(17)9-6-18-4-3-13-9/h7,9,13H,2-6H2,1H3,(H,14,15,17). The molecular weight excluding hydrogens is 282 g/mol. The zero-order chi connectivity index (χ0) is 14.4. The molecule has 0 aromatic carbocycles. The molecule has 2 N–H and O–H groups in total. The maximum absolute atomic E-state index is 11.9. The van der Waals surface area contributed by atoms with E-state index in [2.05, 4.69) is 15.6 Å². The summed E-state index contributed by atoms with van der Waals surface area (Å²) < 4.78 is 10.1. The first kappa shape index (κ1) is 14.9. The highest BCUT2D eigenvalue weighted by Crippen LogP contribution is 2.16. The number of thiazole rings is 1. The second-order valence-corrected chi connectivity index (χ2v) is 5.05. The van der Waals surface area contributed by atoms with Crippen molar-refractivity contribution in [2.24, 2.45) is 0 Å². The van der Waals surface area contributed by atoms with Crippen molar-refractivity contribution in [3.63, 3.8) is 0 Å². The lowest BCUT2D eigenvalue weighted by Crippen LogP contribution is -2.48. The Morgan fingerprint density at radius 1 is 1.65 bits per heavy atom. The SMILES string of the molecule is CCOC(=O)Cc1csc(NC(=O)C2COCCN2)n1. The lowest BCUT2D eigenvalue weighted by Gasteiger charge is -2.22. The molecule has 0 bridgehead atoms. The number of hydrogen-bond donors (Lipinski definition) is 2. The van der Waals surface area contributed by atoms with E-state index >= 15 is 0 Å². The number of morpholine rings is 1. The van der Waals surface area contributed by atoms with E-state index < -0.39 is 0 Å². The molecule has 1 aromatic heterocycles. The van der Waals surface area contributed by atoms with Crippen LogP contribution in [-0.4, -0.2) is 49.3 Å². The fourth-order valence-electron chi connectivity index (χ4n) is 1.73. The molecule has 20 heavy (non-hydrogen) atoms. The molecule has 7 nitrogen and oxygen atoms in total. The second-order valence-electron chi connectivity index (χ2n) is 4.20. The zero-order valence-corrected chi connectivity index (χ0v) is 12.0. The van der Waals surface area contributed by atoms with E-state index in [-0.39, 0.29) is 24.3 Å². The molecule has 8 heteroatoms. The monoisotopic (exact) mass is 299 g/mol. The minimum absolute atomic E-state index is 0.116. The quantitative estimate of drug-likeness (QED) is 0.754. The number of rotatable bonds is 5. The summed E-state index contributed by atoms with van der Waals surface area (Å²) in [5.41, 5.74) is 0.594. The van der Waals surface area contributed by atoms with Gasteiger partial charge in [0.1, 0.15) is 6.04 Å². The Kier molecular flexibility index (Phi) is 5.45. The van der Waals surface area contributed by atoms with Crippen LogP contribution in [0.3, 0.4) is 0 Å². The van der Waals surface area contributed by atoms with Crippen molar-refractivity contribution >= 4 is 28.3 Å². The number of hydrogen-bond acceptors (Lipinski definition) is 7. The van der Waals surface area contributed by atoms with Gasteiger partial charge in [-0.15, -0.1) is 11.3 Å². The van der Waals surface area contributed by atoms with Gasteiger partial charge in [0.05, 0.1) is 31.9 Å². The summed E-state index contributed by atoms with van der Waals surface area (Å²) in [4.78, 5) is 27.4. The van der Waals surface area contributed by atoms with Crippen molar-refractivity contribution in [3.8, 4) is 0 Å². The number of nitrogens with one attached hydrogen (secondary N) is 2. The van der Waals surface area contributed by atoms with Crippen molar-refractivity contribution in [1.82, 2.24) is 10.3 Å². The van der Waals surface area contributed by atoms with Gasteiger partial charge in [0, 0.05) is 11.9 Å². The Labute approximate surface area is 120 Å². The van der Waals surface area contributed by atoms with E-state index in [9.17, 15) is 9.59 Å². The summed E-state index contributed by atoms with van der Waals surface area (Å²) in [6, 6.07) is -0.360. The Morgan fingerprint density at radius 3 is 3.20 bits per heavy atom. The highest BCUT2D eigenvalue weighted by Gasteiger charge is 2.22. The van der Waals surface area contributed by atoms with Crippen molar-refractivity contribution < 1.29 is 19.1 Å². The van der Waals surface area contributed by atoms with Crippen LogP contribution in [0, 0.1) is 0 Å². The average Bonchev–Trinajstić information content (AvgIpc) is 2.87. The smallest absolute Gasteiger partial charge is 0.311 e. The molecule has 0 radical (unpaired) electrons. The third-order valence-corrected chi connectivity index (χ3v) is 3.46. The number of carbonyl (C=O) groups is 2. The molecule has 1 aromatic rings. The van der Waals surface area contributed by atoms with Crippen LogP contribution in [0.25, 0.3) is 0 Å². The fourth-order valence-corrected chi connectivity index (χ4v) is 2.44. The van der Waals surface area contributed by atoms with Gasteiger partial charge in [-0.25, -0.2) is 4.98 Å². The Balaban J connectivity index is 1.85. The lowest BCUT2D eigenvalue weighted by molar-refractivity contribution is -0.142. The van der Waals surface area contributed by atoms with Crippen LogP contribution in [0.1, 0.15) is 12.6 Å². The number of amides is 1. The van der Waals surface area contributed by atoms with E-state index in [1.807, 2.05) is 0 Å². The molecule has 0 saturated carbocycles. The van der Waals surface area contributed by atoms with E-state index in [0.29, 0.717) is 37.2 Å². The van der Waals surface area contributed by atoms with Crippen LogP contribution < -0.4 is 10.6 Å². The van der Waals surface area contributed by atoms with Crippen LogP contribution in [0.15, 0.2) is 5.38 Å². The van der Waals surface area contributed by atoms with Gasteiger partial charge in [-0.05, 0) is 6.92 Å². The normalized spacial score (nSPS) is 18.6. The molecule has 1 fully saturated rings. The predicted molar refractivity (Wildman–Crippen MR) is 73.7 cm³/mol. The van der Waals surface area contributed by atoms with Gasteiger partial charge in [-0.2, -0.15) is 0 Å². The molecule has 110 valence electrons. The summed E-state index contributed by atoms with van der Waals surface area (Å²) in [5.74, 6) is -0.500. The molecule has 2 rings (SSSR count). The van der Waals surface area contributed by atoms with E-state index in [1.54, 1.807) is 12.3 Å². The highest BCUT2D eigenvalue weighted by atomic mass is 32.1. The van der Waals surface area contributed by atoms with Gasteiger partial charge in [-0.1, -0.05) is 0 Å². The van der Waals surface area contributed by atoms with Crippen LogP contribution >= 0.6 is 11.3 Å².